The summed E-state index contributed by atoms with van der Waals surface area (Å²) in [7, 11) is -1.22. The zero-order valence-electron chi connectivity index (χ0n) is 12.8. The van der Waals surface area contributed by atoms with E-state index in [-0.39, 0.29) is 0 Å². The first kappa shape index (κ1) is 19.0. The summed E-state index contributed by atoms with van der Waals surface area (Å²) in [4.78, 5) is 0. The van der Waals surface area contributed by atoms with Crippen LogP contribution in [0.3, 0.4) is 0 Å². The van der Waals surface area contributed by atoms with Gasteiger partial charge in [-0.2, -0.15) is 0 Å². The molecule has 19 heavy (non-hydrogen) atoms. The third-order valence-electron chi connectivity index (χ3n) is 2.92. The van der Waals surface area contributed by atoms with Crippen LogP contribution in [0, 0.1) is 0 Å². The molecule has 6 heteroatoms. The molecule has 0 heterocycles. The van der Waals surface area contributed by atoms with Crippen LogP contribution in [0.1, 0.15) is 12.8 Å². The Kier molecular flexibility index (Phi) is 11.8. The molecule has 0 aromatic heterocycles. The molecule has 0 aliphatic heterocycles. The molecule has 0 saturated carbocycles. The van der Waals surface area contributed by atoms with Gasteiger partial charge in [0.15, 0.2) is 0 Å². The van der Waals surface area contributed by atoms with Crippen molar-refractivity contribution in [1.82, 2.24) is 0 Å². The number of rotatable bonds is 13. The second-order valence-electron chi connectivity index (χ2n) is 5.74. The third kappa shape index (κ3) is 12.8. The molecule has 0 bridgehead atoms. The molecule has 0 aromatic carbocycles. The van der Waals surface area contributed by atoms with Gasteiger partial charge in [-0.25, -0.2) is 0 Å². The largest absolute Gasteiger partial charge is 0.379 e. The molecule has 0 aromatic rings. The van der Waals surface area contributed by atoms with E-state index < -0.39 is 8.07 Å². The molecule has 0 aliphatic carbocycles. The van der Waals surface area contributed by atoms with Gasteiger partial charge in [0.25, 0.3) is 0 Å². The van der Waals surface area contributed by atoms with Gasteiger partial charge in [-0.15, -0.1) is 0 Å². The van der Waals surface area contributed by atoms with Gasteiger partial charge in [-0.1, -0.05) is 19.6 Å². The molecule has 0 fully saturated rings. The maximum atomic E-state index is 6.10. The smallest absolute Gasteiger partial charge is 0.0701 e. The number of hydrogen-bond donors (Lipinski definition) is 2. The monoisotopic (exact) mass is 292 g/mol. The summed E-state index contributed by atoms with van der Waals surface area (Å²) in [6.07, 6.45) is 1.85. The van der Waals surface area contributed by atoms with E-state index in [4.69, 9.17) is 25.7 Å². The van der Waals surface area contributed by atoms with E-state index in [2.05, 4.69) is 19.6 Å². The lowest BCUT2D eigenvalue weighted by Crippen LogP contribution is -2.45. The van der Waals surface area contributed by atoms with Crippen LogP contribution in [-0.2, 0) is 14.2 Å². The average molecular weight is 292 g/mol. The summed E-state index contributed by atoms with van der Waals surface area (Å²) < 4.78 is 16.2. The van der Waals surface area contributed by atoms with Crippen LogP contribution >= 0.6 is 0 Å². The Labute approximate surface area is 119 Å². The minimum atomic E-state index is -1.22. The predicted octanol–water partition coefficient (Wildman–Crippen LogP) is 0.980. The van der Waals surface area contributed by atoms with Crippen molar-refractivity contribution >= 4 is 8.07 Å². The highest BCUT2D eigenvalue weighted by Gasteiger charge is 2.22. The summed E-state index contributed by atoms with van der Waals surface area (Å²) >= 11 is 0. The van der Waals surface area contributed by atoms with Crippen molar-refractivity contribution in [3.8, 4) is 0 Å². The standard InChI is InChI=1S/C13H32N2O3Si/c1-19(2,3)13(15)5-8-17-10-12-18-11-9-16-7-4-6-14/h13H,4-12,14-15H2,1-3H3. The van der Waals surface area contributed by atoms with Crippen LogP contribution in [-0.4, -0.2) is 59.9 Å². The molecule has 1 atom stereocenters. The minimum absolute atomic E-state index is 0.310. The lowest BCUT2D eigenvalue weighted by Gasteiger charge is -2.24. The number of nitrogens with two attached hydrogens (primary N) is 2. The Balaban J connectivity index is 3.15. The number of hydrogen-bond acceptors (Lipinski definition) is 5. The van der Waals surface area contributed by atoms with E-state index in [0.717, 1.165) is 19.4 Å². The van der Waals surface area contributed by atoms with Gasteiger partial charge in [-0.05, 0) is 25.1 Å². The molecule has 0 rings (SSSR count). The highest BCUT2D eigenvalue weighted by Crippen LogP contribution is 2.08. The fourth-order valence-corrected chi connectivity index (χ4v) is 2.35. The van der Waals surface area contributed by atoms with Crippen LogP contribution < -0.4 is 11.5 Å². The summed E-state index contributed by atoms with van der Waals surface area (Å²) in [6, 6.07) is 0. The van der Waals surface area contributed by atoms with Crippen molar-refractivity contribution in [3.63, 3.8) is 0 Å². The van der Waals surface area contributed by atoms with Crippen LogP contribution in [0.15, 0.2) is 0 Å². The molecule has 0 saturated heterocycles. The lowest BCUT2D eigenvalue weighted by atomic mass is 10.4. The summed E-state index contributed by atoms with van der Waals surface area (Å²) in [5.41, 5.74) is 11.8. The summed E-state index contributed by atoms with van der Waals surface area (Å²) in [5, 5.41) is 0. The first-order valence-corrected chi connectivity index (χ1v) is 10.7. The van der Waals surface area contributed by atoms with E-state index in [0.29, 0.717) is 45.2 Å². The molecule has 0 aliphatic rings. The fraction of sp³-hybridized carbons (Fsp3) is 1.00. The minimum Gasteiger partial charge on any atom is -0.379 e. The first-order chi connectivity index (χ1) is 8.98. The van der Waals surface area contributed by atoms with E-state index in [1.807, 2.05) is 0 Å². The quantitative estimate of drug-likeness (QED) is 0.391. The molecular weight excluding hydrogens is 260 g/mol. The first-order valence-electron chi connectivity index (χ1n) is 7.17. The normalized spacial score (nSPS) is 13.7. The van der Waals surface area contributed by atoms with E-state index in [1.165, 1.54) is 0 Å². The highest BCUT2D eigenvalue weighted by molar-refractivity contribution is 6.77. The Morgan fingerprint density at radius 2 is 1.32 bits per heavy atom. The zero-order chi connectivity index (χ0) is 14.6. The fourth-order valence-electron chi connectivity index (χ4n) is 1.37. The van der Waals surface area contributed by atoms with Crippen molar-refractivity contribution in [1.29, 1.82) is 0 Å². The SMILES string of the molecule is C[Si](C)(C)C(N)CCOCCOCCOCCCN. The van der Waals surface area contributed by atoms with Gasteiger partial charge in [0.05, 0.1) is 34.5 Å². The van der Waals surface area contributed by atoms with Crippen LogP contribution in [0.2, 0.25) is 19.6 Å². The van der Waals surface area contributed by atoms with Gasteiger partial charge in [-0.3, -0.25) is 0 Å². The zero-order valence-corrected chi connectivity index (χ0v) is 13.8. The molecule has 0 amide bonds. The highest BCUT2D eigenvalue weighted by atomic mass is 28.3. The summed E-state index contributed by atoms with van der Waals surface area (Å²) in [5.74, 6) is 0. The topological polar surface area (TPSA) is 79.7 Å². The second-order valence-corrected chi connectivity index (χ2v) is 11.2. The van der Waals surface area contributed by atoms with Crippen LogP contribution in [0.25, 0.3) is 0 Å². The van der Waals surface area contributed by atoms with Crippen LogP contribution in [0.5, 0.6) is 0 Å². The number of ether oxygens (including phenoxy) is 3. The van der Waals surface area contributed by atoms with Crippen molar-refractivity contribution in [2.24, 2.45) is 11.5 Å². The van der Waals surface area contributed by atoms with Gasteiger partial charge in [0.2, 0.25) is 0 Å². The Bertz CT molecular complexity index is 201. The van der Waals surface area contributed by atoms with Crippen molar-refractivity contribution in [2.45, 2.75) is 38.1 Å². The Morgan fingerprint density at radius 1 is 0.842 bits per heavy atom. The maximum absolute atomic E-state index is 6.10. The molecule has 0 spiro atoms. The Morgan fingerprint density at radius 3 is 1.79 bits per heavy atom. The third-order valence-corrected chi connectivity index (χ3v) is 5.44. The van der Waals surface area contributed by atoms with Crippen molar-refractivity contribution < 1.29 is 14.2 Å². The van der Waals surface area contributed by atoms with Crippen molar-refractivity contribution in [2.75, 3.05) is 46.2 Å². The average Bonchev–Trinajstić information content (AvgIpc) is 2.34. The molecule has 0 radical (unpaired) electrons. The molecule has 1 unspecified atom stereocenters. The predicted molar refractivity (Wildman–Crippen MR) is 82.1 cm³/mol. The van der Waals surface area contributed by atoms with E-state index in [9.17, 15) is 0 Å². The van der Waals surface area contributed by atoms with Gasteiger partial charge in [0.1, 0.15) is 0 Å². The molecule has 116 valence electrons. The van der Waals surface area contributed by atoms with E-state index in [1.54, 1.807) is 0 Å². The van der Waals surface area contributed by atoms with Gasteiger partial charge in [0, 0.05) is 13.2 Å². The van der Waals surface area contributed by atoms with Gasteiger partial charge < -0.3 is 25.7 Å². The second kappa shape index (κ2) is 11.8. The lowest BCUT2D eigenvalue weighted by molar-refractivity contribution is 0.0139. The Hall–Kier alpha value is 0.0169. The van der Waals surface area contributed by atoms with Crippen LogP contribution in [0.4, 0.5) is 0 Å². The van der Waals surface area contributed by atoms with E-state index >= 15 is 0 Å². The summed E-state index contributed by atoms with van der Waals surface area (Å²) in [6.45, 7) is 11.4. The molecular formula is C13H32N2O3Si. The molecule has 5 nitrogen and oxygen atoms in total. The molecule has 4 N–H and O–H groups in total. The maximum Gasteiger partial charge on any atom is 0.0701 e. The van der Waals surface area contributed by atoms with Gasteiger partial charge >= 0.3 is 0 Å². The van der Waals surface area contributed by atoms with Crippen molar-refractivity contribution in [3.05, 3.63) is 0 Å².